The second-order valence-corrected chi connectivity index (χ2v) is 6.84. The van der Waals surface area contributed by atoms with Crippen molar-refractivity contribution >= 4 is 23.4 Å². The number of hydrogen-bond acceptors (Lipinski definition) is 2. The van der Waals surface area contributed by atoms with E-state index in [2.05, 4.69) is 5.32 Å². The topological polar surface area (TPSA) is 49.4 Å². The standard InChI is InChI=1S/C21H25ClN2O2/c1-16-5-3-7-19(13-16)15-23-21(26)10-12-24(17(2)25)11-9-18-6-4-8-20(22)14-18/h3-8,13-14H,9-12,15H2,1-2H3,(H,23,26). The summed E-state index contributed by atoms with van der Waals surface area (Å²) in [5, 5.41) is 3.59. The molecule has 0 aliphatic rings. The van der Waals surface area contributed by atoms with Crippen LogP contribution in [0.3, 0.4) is 0 Å². The zero-order chi connectivity index (χ0) is 18.9. The van der Waals surface area contributed by atoms with E-state index in [0.717, 1.165) is 11.1 Å². The third-order valence-electron chi connectivity index (χ3n) is 4.19. The summed E-state index contributed by atoms with van der Waals surface area (Å²) in [7, 11) is 0. The van der Waals surface area contributed by atoms with E-state index in [1.165, 1.54) is 12.5 Å². The highest BCUT2D eigenvalue weighted by Crippen LogP contribution is 2.11. The first-order valence-electron chi connectivity index (χ1n) is 8.76. The Hall–Kier alpha value is -2.33. The van der Waals surface area contributed by atoms with Gasteiger partial charge in [-0.2, -0.15) is 0 Å². The van der Waals surface area contributed by atoms with Crippen LogP contribution in [0.2, 0.25) is 5.02 Å². The fraction of sp³-hybridized carbons (Fsp3) is 0.333. The summed E-state index contributed by atoms with van der Waals surface area (Å²) in [5.74, 6) is -0.0842. The van der Waals surface area contributed by atoms with Crippen LogP contribution in [0.5, 0.6) is 0 Å². The van der Waals surface area contributed by atoms with Gasteiger partial charge in [-0.05, 0) is 36.6 Å². The first kappa shape index (κ1) is 20.0. The van der Waals surface area contributed by atoms with Gasteiger partial charge in [-0.1, -0.05) is 53.6 Å². The number of hydrogen-bond donors (Lipinski definition) is 1. The molecule has 2 amide bonds. The van der Waals surface area contributed by atoms with Crippen LogP contribution < -0.4 is 5.32 Å². The van der Waals surface area contributed by atoms with Gasteiger partial charge < -0.3 is 10.2 Å². The van der Waals surface area contributed by atoms with Crippen LogP contribution in [-0.4, -0.2) is 29.8 Å². The summed E-state index contributed by atoms with van der Waals surface area (Å²) >= 11 is 5.99. The van der Waals surface area contributed by atoms with Gasteiger partial charge in [0.25, 0.3) is 0 Å². The van der Waals surface area contributed by atoms with E-state index >= 15 is 0 Å². The van der Waals surface area contributed by atoms with E-state index in [1.54, 1.807) is 4.90 Å². The summed E-state index contributed by atoms with van der Waals surface area (Å²) in [6, 6.07) is 15.6. The number of nitrogens with zero attached hydrogens (tertiary/aromatic N) is 1. The molecule has 26 heavy (non-hydrogen) atoms. The highest BCUT2D eigenvalue weighted by Gasteiger charge is 2.11. The van der Waals surface area contributed by atoms with Gasteiger partial charge in [-0.3, -0.25) is 9.59 Å². The third-order valence-corrected chi connectivity index (χ3v) is 4.42. The zero-order valence-corrected chi connectivity index (χ0v) is 16.1. The number of aryl methyl sites for hydroxylation is 1. The molecule has 0 bridgehead atoms. The molecule has 2 rings (SSSR count). The van der Waals surface area contributed by atoms with Crippen molar-refractivity contribution < 1.29 is 9.59 Å². The number of halogens is 1. The summed E-state index contributed by atoms with van der Waals surface area (Å²) < 4.78 is 0. The maximum absolute atomic E-state index is 12.1. The van der Waals surface area contributed by atoms with Gasteiger partial charge in [0, 0.05) is 38.0 Å². The fourth-order valence-electron chi connectivity index (χ4n) is 2.73. The van der Waals surface area contributed by atoms with Crippen molar-refractivity contribution in [3.05, 3.63) is 70.2 Å². The maximum atomic E-state index is 12.1. The highest BCUT2D eigenvalue weighted by molar-refractivity contribution is 6.30. The molecule has 138 valence electrons. The minimum atomic E-state index is -0.0551. The summed E-state index contributed by atoms with van der Waals surface area (Å²) in [4.78, 5) is 25.6. The SMILES string of the molecule is CC(=O)N(CCC(=O)NCc1cccc(C)c1)CCc1cccc(Cl)c1. The highest BCUT2D eigenvalue weighted by atomic mass is 35.5. The predicted molar refractivity (Wildman–Crippen MR) is 105 cm³/mol. The lowest BCUT2D eigenvalue weighted by atomic mass is 10.1. The molecule has 0 atom stereocenters. The van der Waals surface area contributed by atoms with E-state index in [4.69, 9.17) is 11.6 Å². The lowest BCUT2D eigenvalue weighted by Crippen LogP contribution is -2.35. The molecule has 2 aromatic rings. The number of carbonyl (C=O) groups excluding carboxylic acids is 2. The smallest absolute Gasteiger partial charge is 0.222 e. The second kappa shape index (κ2) is 9.97. The molecule has 0 saturated carbocycles. The van der Waals surface area contributed by atoms with E-state index in [-0.39, 0.29) is 11.8 Å². The maximum Gasteiger partial charge on any atom is 0.222 e. The molecule has 0 fully saturated rings. The largest absolute Gasteiger partial charge is 0.352 e. The van der Waals surface area contributed by atoms with E-state index in [1.807, 2.05) is 55.5 Å². The van der Waals surface area contributed by atoms with Gasteiger partial charge in [0.15, 0.2) is 0 Å². The van der Waals surface area contributed by atoms with Crippen LogP contribution in [-0.2, 0) is 22.6 Å². The number of nitrogens with one attached hydrogen (secondary N) is 1. The number of amides is 2. The van der Waals surface area contributed by atoms with Crippen molar-refractivity contribution in [2.75, 3.05) is 13.1 Å². The average molecular weight is 373 g/mol. The Bertz CT molecular complexity index is 761. The monoisotopic (exact) mass is 372 g/mol. The van der Waals surface area contributed by atoms with Gasteiger partial charge in [0.2, 0.25) is 11.8 Å². The molecule has 1 N–H and O–H groups in total. The molecule has 0 aliphatic heterocycles. The molecule has 0 spiro atoms. The Labute approximate surface area is 160 Å². The Balaban J connectivity index is 1.78. The van der Waals surface area contributed by atoms with Crippen molar-refractivity contribution in [1.29, 1.82) is 0 Å². The molecule has 5 heteroatoms. The van der Waals surface area contributed by atoms with Crippen LogP contribution in [0.1, 0.15) is 30.0 Å². The summed E-state index contributed by atoms with van der Waals surface area (Å²) in [5.41, 5.74) is 3.32. The lowest BCUT2D eigenvalue weighted by molar-refractivity contribution is -0.129. The van der Waals surface area contributed by atoms with Crippen LogP contribution in [0.25, 0.3) is 0 Å². The second-order valence-electron chi connectivity index (χ2n) is 6.40. The molecule has 0 aromatic heterocycles. The Kier molecular flexibility index (Phi) is 7.67. The number of rotatable bonds is 8. The molecule has 0 aliphatic carbocycles. The number of carbonyl (C=O) groups is 2. The molecule has 0 radical (unpaired) electrons. The first-order valence-corrected chi connectivity index (χ1v) is 9.14. The van der Waals surface area contributed by atoms with Crippen LogP contribution in [0.4, 0.5) is 0 Å². The Morgan fingerprint density at radius 3 is 2.46 bits per heavy atom. The van der Waals surface area contributed by atoms with Gasteiger partial charge in [-0.25, -0.2) is 0 Å². The van der Waals surface area contributed by atoms with Crippen molar-refractivity contribution in [2.24, 2.45) is 0 Å². The van der Waals surface area contributed by atoms with Gasteiger partial charge in [0.05, 0.1) is 0 Å². The van der Waals surface area contributed by atoms with Crippen molar-refractivity contribution in [3.8, 4) is 0 Å². The van der Waals surface area contributed by atoms with Gasteiger partial charge in [0.1, 0.15) is 0 Å². The van der Waals surface area contributed by atoms with Gasteiger partial charge >= 0.3 is 0 Å². The van der Waals surface area contributed by atoms with Crippen LogP contribution >= 0.6 is 11.6 Å². The molecule has 2 aromatic carbocycles. The minimum Gasteiger partial charge on any atom is -0.352 e. The number of benzene rings is 2. The van der Waals surface area contributed by atoms with Crippen molar-refractivity contribution in [3.63, 3.8) is 0 Å². The quantitative estimate of drug-likeness (QED) is 0.767. The first-order chi connectivity index (χ1) is 12.4. The lowest BCUT2D eigenvalue weighted by Gasteiger charge is -2.21. The molecular formula is C21H25ClN2O2. The van der Waals surface area contributed by atoms with Gasteiger partial charge in [-0.15, -0.1) is 0 Å². The Morgan fingerprint density at radius 2 is 1.77 bits per heavy atom. The van der Waals surface area contributed by atoms with E-state index in [0.29, 0.717) is 37.5 Å². The summed E-state index contributed by atoms with van der Waals surface area (Å²) in [6.45, 7) is 5.04. The van der Waals surface area contributed by atoms with E-state index < -0.39 is 0 Å². The summed E-state index contributed by atoms with van der Waals surface area (Å²) in [6.07, 6.45) is 1.01. The Morgan fingerprint density at radius 1 is 1.04 bits per heavy atom. The normalized spacial score (nSPS) is 10.4. The average Bonchev–Trinajstić information content (AvgIpc) is 2.59. The zero-order valence-electron chi connectivity index (χ0n) is 15.3. The van der Waals surface area contributed by atoms with Crippen molar-refractivity contribution in [2.45, 2.75) is 33.2 Å². The molecule has 4 nitrogen and oxygen atoms in total. The van der Waals surface area contributed by atoms with Crippen molar-refractivity contribution in [1.82, 2.24) is 10.2 Å². The molecule has 0 saturated heterocycles. The molecule has 0 heterocycles. The fourth-order valence-corrected chi connectivity index (χ4v) is 2.94. The molecular weight excluding hydrogens is 348 g/mol. The minimum absolute atomic E-state index is 0.0292. The predicted octanol–water partition coefficient (Wildman–Crippen LogP) is 3.75. The molecule has 0 unspecified atom stereocenters. The third kappa shape index (κ3) is 6.89. The van der Waals surface area contributed by atoms with Crippen LogP contribution in [0, 0.1) is 6.92 Å². The van der Waals surface area contributed by atoms with E-state index in [9.17, 15) is 9.59 Å². The van der Waals surface area contributed by atoms with Crippen LogP contribution in [0.15, 0.2) is 48.5 Å².